The van der Waals surface area contributed by atoms with Crippen LogP contribution < -0.4 is 0 Å². The van der Waals surface area contributed by atoms with Crippen LogP contribution in [0.5, 0.6) is 0 Å². The molecule has 1 atom stereocenters. The molecule has 0 amide bonds. The molecule has 1 aliphatic carbocycles. The van der Waals surface area contributed by atoms with E-state index in [4.69, 9.17) is 0 Å². The number of methoxy groups -OCH3 is 2. The maximum absolute atomic E-state index is 11.5. The van der Waals surface area contributed by atoms with E-state index in [1.807, 2.05) is 30.3 Å². The molecule has 0 bridgehead atoms. The van der Waals surface area contributed by atoms with E-state index >= 15 is 0 Å². The van der Waals surface area contributed by atoms with Crippen LogP contribution in [0.3, 0.4) is 0 Å². The Bertz CT molecular complexity index is 551. The van der Waals surface area contributed by atoms with Gasteiger partial charge in [0.05, 0.1) is 14.2 Å². The van der Waals surface area contributed by atoms with Crippen LogP contribution in [-0.4, -0.2) is 26.2 Å². The Hall–Kier alpha value is -2.36. The molecule has 0 radical (unpaired) electrons. The minimum atomic E-state index is -0.664. The van der Waals surface area contributed by atoms with Gasteiger partial charge in [-0.05, 0) is 12.0 Å². The number of carbonyl (C=O) groups is 2. The number of ether oxygens (including phenoxy) is 2. The number of carbonyl (C=O) groups excluding carboxylic acids is 2. The molecule has 1 unspecified atom stereocenters. The van der Waals surface area contributed by atoms with Crippen LogP contribution in [-0.2, 0) is 19.1 Å². The molecular weight excluding hydrogens is 256 g/mol. The summed E-state index contributed by atoms with van der Waals surface area (Å²) in [5.74, 6) is -1.23. The number of rotatable bonds is 4. The first-order valence-electron chi connectivity index (χ1n) is 6.29. The summed E-state index contributed by atoms with van der Waals surface area (Å²) in [5.41, 5.74) is 2.24. The lowest BCUT2D eigenvalue weighted by Gasteiger charge is -2.02. The van der Waals surface area contributed by atoms with Crippen LogP contribution in [0.25, 0.3) is 6.08 Å². The highest BCUT2D eigenvalue weighted by molar-refractivity contribution is 6.14. The zero-order valence-corrected chi connectivity index (χ0v) is 11.5. The minimum Gasteiger partial charge on any atom is -0.465 e. The van der Waals surface area contributed by atoms with Gasteiger partial charge in [0.15, 0.2) is 0 Å². The topological polar surface area (TPSA) is 52.6 Å². The molecule has 20 heavy (non-hydrogen) atoms. The quantitative estimate of drug-likeness (QED) is 0.365. The van der Waals surface area contributed by atoms with Crippen LogP contribution in [0.15, 0.2) is 47.6 Å². The van der Waals surface area contributed by atoms with Gasteiger partial charge in [-0.3, -0.25) is 0 Å². The highest BCUT2D eigenvalue weighted by Crippen LogP contribution is 2.41. The van der Waals surface area contributed by atoms with E-state index in [-0.39, 0.29) is 11.5 Å². The first kappa shape index (κ1) is 14.1. The highest BCUT2D eigenvalue weighted by Gasteiger charge is 2.31. The standard InChI is InChI=1S/C16H16O4/c1-19-15(17)14(16(18)20-2)10-13-9-12(13)8-11-6-4-3-5-7-11/h3-8,10,13H,9H2,1-2H3/b12-8-. The summed E-state index contributed by atoms with van der Waals surface area (Å²) in [6, 6.07) is 9.90. The smallest absolute Gasteiger partial charge is 0.344 e. The minimum absolute atomic E-state index is 0.0449. The lowest BCUT2D eigenvalue weighted by molar-refractivity contribution is -0.144. The largest absolute Gasteiger partial charge is 0.465 e. The van der Waals surface area contributed by atoms with Crippen molar-refractivity contribution >= 4 is 18.0 Å². The second-order valence-corrected chi connectivity index (χ2v) is 4.50. The second kappa shape index (κ2) is 6.19. The van der Waals surface area contributed by atoms with Crippen molar-refractivity contribution in [2.24, 2.45) is 5.92 Å². The van der Waals surface area contributed by atoms with Gasteiger partial charge in [0.25, 0.3) is 0 Å². The summed E-state index contributed by atoms with van der Waals surface area (Å²) < 4.78 is 9.18. The Labute approximate surface area is 117 Å². The lowest BCUT2D eigenvalue weighted by atomic mass is 10.1. The van der Waals surface area contributed by atoms with Crippen molar-refractivity contribution in [2.45, 2.75) is 6.42 Å². The van der Waals surface area contributed by atoms with Gasteiger partial charge in [-0.15, -0.1) is 0 Å². The zero-order valence-electron chi connectivity index (χ0n) is 11.5. The molecule has 4 heteroatoms. The summed E-state index contributed by atoms with van der Waals surface area (Å²) in [6.07, 6.45) is 4.52. The van der Waals surface area contributed by atoms with Gasteiger partial charge < -0.3 is 9.47 Å². The third-order valence-corrected chi connectivity index (χ3v) is 3.10. The molecule has 2 rings (SSSR count). The average molecular weight is 272 g/mol. The third kappa shape index (κ3) is 3.35. The summed E-state index contributed by atoms with van der Waals surface area (Å²) in [6.45, 7) is 0. The van der Waals surface area contributed by atoms with Crippen molar-refractivity contribution in [1.82, 2.24) is 0 Å². The predicted molar refractivity (Wildman–Crippen MR) is 74.6 cm³/mol. The monoisotopic (exact) mass is 272 g/mol. The van der Waals surface area contributed by atoms with E-state index in [2.05, 4.69) is 15.5 Å². The number of benzene rings is 1. The summed E-state index contributed by atoms with van der Waals surface area (Å²) >= 11 is 0. The van der Waals surface area contributed by atoms with E-state index in [1.165, 1.54) is 19.8 Å². The molecule has 0 aromatic heterocycles. The molecule has 0 heterocycles. The maximum atomic E-state index is 11.5. The van der Waals surface area contributed by atoms with Crippen molar-refractivity contribution < 1.29 is 19.1 Å². The van der Waals surface area contributed by atoms with E-state index < -0.39 is 11.9 Å². The second-order valence-electron chi connectivity index (χ2n) is 4.50. The van der Waals surface area contributed by atoms with Gasteiger partial charge >= 0.3 is 11.9 Å². The zero-order chi connectivity index (χ0) is 14.5. The van der Waals surface area contributed by atoms with Crippen molar-refractivity contribution in [3.8, 4) is 0 Å². The molecule has 0 N–H and O–H groups in total. The van der Waals surface area contributed by atoms with Crippen LogP contribution in [0.4, 0.5) is 0 Å². The summed E-state index contributed by atoms with van der Waals surface area (Å²) in [5, 5.41) is 0. The molecule has 1 aliphatic rings. The molecule has 1 fully saturated rings. The molecule has 104 valence electrons. The predicted octanol–water partition coefficient (Wildman–Crippen LogP) is 2.36. The SMILES string of the molecule is COC(=O)C(=CC1C/C1=C/c1ccccc1)C(=O)OC. The molecule has 0 spiro atoms. The molecule has 4 nitrogen and oxygen atoms in total. The number of esters is 2. The molecule has 0 saturated heterocycles. The Kier molecular flexibility index (Phi) is 4.35. The highest BCUT2D eigenvalue weighted by atomic mass is 16.5. The van der Waals surface area contributed by atoms with Crippen molar-refractivity contribution in [1.29, 1.82) is 0 Å². The van der Waals surface area contributed by atoms with Crippen molar-refractivity contribution in [3.05, 3.63) is 53.1 Å². The van der Waals surface area contributed by atoms with Gasteiger partial charge in [-0.2, -0.15) is 0 Å². The van der Waals surface area contributed by atoms with Crippen LogP contribution >= 0.6 is 0 Å². The molecule has 1 aromatic rings. The van der Waals surface area contributed by atoms with Crippen molar-refractivity contribution in [3.63, 3.8) is 0 Å². The Balaban J connectivity index is 2.13. The summed E-state index contributed by atoms with van der Waals surface area (Å²) in [7, 11) is 2.49. The fraction of sp³-hybridized carbons (Fsp3) is 0.250. The van der Waals surface area contributed by atoms with Gasteiger partial charge in [-0.25, -0.2) is 9.59 Å². The fourth-order valence-electron chi connectivity index (χ4n) is 1.93. The lowest BCUT2D eigenvalue weighted by Crippen LogP contribution is -2.16. The fourth-order valence-corrected chi connectivity index (χ4v) is 1.93. The molecular formula is C16H16O4. The van der Waals surface area contributed by atoms with E-state index in [1.54, 1.807) is 6.08 Å². The maximum Gasteiger partial charge on any atom is 0.344 e. The van der Waals surface area contributed by atoms with Gasteiger partial charge in [0.1, 0.15) is 5.57 Å². The van der Waals surface area contributed by atoms with Crippen molar-refractivity contribution in [2.75, 3.05) is 14.2 Å². The molecule has 0 aliphatic heterocycles. The van der Waals surface area contributed by atoms with Crippen LogP contribution in [0.1, 0.15) is 12.0 Å². The molecule has 1 saturated carbocycles. The number of hydrogen-bond acceptors (Lipinski definition) is 4. The first-order valence-corrected chi connectivity index (χ1v) is 6.29. The van der Waals surface area contributed by atoms with Gasteiger partial charge in [0.2, 0.25) is 0 Å². The average Bonchev–Trinajstić information content (AvgIpc) is 3.22. The molecule has 1 aromatic carbocycles. The normalized spacial score (nSPS) is 18.3. The number of hydrogen-bond donors (Lipinski definition) is 0. The van der Waals surface area contributed by atoms with Crippen LogP contribution in [0, 0.1) is 5.92 Å². The van der Waals surface area contributed by atoms with E-state index in [0.717, 1.165) is 12.0 Å². The van der Waals surface area contributed by atoms with Gasteiger partial charge in [-0.1, -0.05) is 48.1 Å². The van der Waals surface area contributed by atoms with Gasteiger partial charge in [0, 0.05) is 5.92 Å². The van der Waals surface area contributed by atoms with Crippen LogP contribution in [0.2, 0.25) is 0 Å². The first-order chi connectivity index (χ1) is 9.65. The third-order valence-electron chi connectivity index (χ3n) is 3.10. The summed E-state index contributed by atoms with van der Waals surface area (Å²) in [4.78, 5) is 23.1. The Morgan fingerprint density at radius 2 is 1.70 bits per heavy atom. The Morgan fingerprint density at radius 3 is 2.25 bits per heavy atom. The number of allylic oxidation sites excluding steroid dienone is 2. The van der Waals surface area contributed by atoms with E-state index in [9.17, 15) is 9.59 Å². The Morgan fingerprint density at radius 1 is 1.10 bits per heavy atom. The van der Waals surface area contributed by atoms with E-state index in [0.29, 0.717) is 0 Å².